The van der Waals surface area contributed by atoms with E-state index in [1.54, 1.807) is 12.0 Å². The summed E-state index contributed by atoms with van der Waals surface area (Å²) < 4.78 is 33.8. The molecule has 1 spiro atoms. The number of halogens is 2. The number of nitrogens with zero attached hydrogens (tertiary/aromatic N) is 2. The Morgan fingerprint density at radius 1 is 1.32 bits per heavy atom. The number of carbonyl (C=O) groups is 2. The predicted octanol–water partition coefficient (Wildman–Crippen LogP) is 2.22. The molecule has 7 heteroatoms. The normalized spacial score (nSPS) is 29.2. The molecule has 0 aromatic heterocycles. The molecular formula is C18H26F2N2O3. The van der Waals surface area contributed by atoms with Crippen molar-refractivity contribution in [2.75, 3.05) is 39.9 Å². The molecule has 0 radical (unpaired) electrons. The molecule has 2 saturated heterocycles. The summed E-state index contributed by atoms with van der Waals surface area (Å²) in [5.41, 5.74) is -0.527. The fraction of sp³-hybridized carbons (Fsp3) is 0.778. The minimum atomic E-state index is -3.03. The first kappa shape index (κ1) is 18.3. The molecule has 0 aromatic carbocycles. The highest BCUT2D eigenvalue weighted by molar-refractivity contribution is 5.94. The first-order valence-corrected chi connectivity index (χ1v) is 9.01. The number of ether oxygens (including phenoxy) is 1. The lowest BCUT2D eigenvalue weighted by atomic mass is 9.76. The van der Waals surface area contributed by atoms with Crippen molar-refractivity contribution in [3.8, 4) is 0 Å². The van der Waals surface area contributed by atoms with E-state index in [2.05, 4.69) is 0 Å². The van der Waals surface area contributed by atoms with Crippen LogP contribution < -0.4 is 0 Å². The van der Waals surface area contributed by atoms with Gasteiger partial charge in [0.05, 0.1) is 18.6 Å². The number of piperidine rings is 1. The second-order valence-corrected chi connectivity index (χ2v) is 7.48. The van der Waals surface area contributed by atoms with Gasteiger partial charge in [0.15, 0.2) is 0 Å². The summed E-state index contributed by atoms with van der Waals surface area (Å²) in [5.74, 6) is -3.61. The molecule has 2 aliphatic heterocycles. The van der Waals surface area contributed by atoms with Crippen molar-refractivity contribution in [2.24, 2.45) is 5.41 Å². The second-order valence-electron chi connectivity index (χ2n) is 7.48. The van der Waals surface area contributed by atoms with E-state index in [1.165, 1.54) is 4.90 Å². The molecule has 3 rings (SSSR count). The van der Waals surface area contributed by atoms with E-state index in [0.717, 1.165) is 19.3 Å². The van der Waals surface area contributed by atoms with Gasteiger partial charge in [-0.15, -0.1) is 0 Å². The number of methoxy groups -OCH3 is 1. The molecular weight excluding hydrogens is 330 g/mol. The Bertz CT molecular complexity index is 579. The maximum Gasteiger partial charge on any atom is 0.266 e. The van der Waals surface area contributed by atoms with Crippen molar-refractivity contribution in [1.82, 2.24) is 9.80 Å². The van der Waals surface area contributed by atoms with Crippen LogP contribution in [-0.2, 0) is 14.3 Å². The van der Waals surface area contributed by atoms with Crippen molar-refractivity contribution in [2.45, 2.75) is 44.4 Å². The first-order chi connectivity index (χ1) is 11.9. The van der Waals surface area contributed by atoms with Gasteiger partial charge < -0.3 is 14.5 Å². The Labute approximate surface area is 147 Å². The zero-order valence-electron chi connectivity index (χ0n) is 14.7. The molecule has 25 heavy (non-hydrogen) atoms. The minimum Gasteiger partial charge on any atom is -0.383 e. The summed E-state index contributed by atoms with van der Waals surface area (Å²) >= 11 is 0. The maximum absolute atomic E-state index is 14.4. The molecule has 1 unspecified atom stereocenters. The van der Waals surface area contributed by atoms with Crippen LogP contribution in [0.1, 0.15) is 38.5 Å². The zero-order valence-corrected chi connectivity index (χ0v) is 14.7. The highest BCUT2D eigenvalue weighted by Gasteiger charge is 2.57. The fourth-order valence-corrected chi connectivity index (χ4v) is 4.30. The lowest BCUT2D eigenvalue weighted by Crippen LogP contribution is -2.57. The number of hydrogen-bond donors (Lipinski definition) is 0. The van der Waals surface area contributed by atoms with Gasteiger partial charge in [-0.2, -0.15) is 0 Å². The van der Waals surface area contributed by atoms with Crippen LogP contribution >= 0.6 is 0 Å². The van der Waals surface area contributed by atoms with Crippen molar-refractivity contribution >= 4 is 11.8 Å². The highest BCUT2D eigenvalue weighted by Crippen LogP contribution is 2.46. The Hall–Kier alpha value is -1.50. The van der Waals surface area contributed by atoms with Crippen LogP contribution in [0.5, 0.6) is 0 Å². The Morgan fingerprint density at radius 3 is 2.80 bits per heavy atom. The third-order valence-corrected chi connectivity index (χ3v) is 5.53. The van der Waals surface area contributed by atoms with Crippen molar-refractivity contribution in [3.05, 3.63) is 11.6 Å². The van der Waals surface area contributed by atoms with Crippen molar-refractivity contribution in [1.29, 1.82) is 0 Å². The van der Waals surface area contributed by atoms with Gasteiger partial charge >= 0.3 is 0 Å². The summed E-state index contributed by atoms with van der Waals surface area (Å²) in [4.78, 5) is 28.3. The van der Waals surface area contributed by atoms with E-state index in [0.29, 0.717) is 38.1 Å². The summed E-state index contributed by atoms with van der Waals surface area (Å²) in [5, 5.41) is 0. The lowest BCUT2D eigenvalue weighted by Gasteiger charge is -2.43. The van der Waals surface area contributed by atoms with Gasteiger partial charge in [-0.3, -0.25) is 9.59 Å². The smallest absolute Gasteiger partial charge is 0.266 e. The van der Waals surface area contributed by atoms with E-state index in [1.807, 2.05) is 6.08 Å². The Morgan fingerprint density at radius 2 is 2.12 bits per heavy atom. The van der Waals surface area contributed by atoms with E-state index in [9.17, 15) is 18.4 Å². The number of amides is 2. The number of likely N-dealkylation sites (tertiary alicyclic amines) is 2. The molecule has 2 heterocycles. The number of alkyl halides is 2. The van der Waals surface area contributed by atoms with Gasteiger partial charge in [-0.05, 0) is 32.1 Å². The van der Waals surface area contributed by atoms with E-state index in [-0.39, 0.29) is 18.4 Å². The molecule has 0 N–H and O–H groups in total. The molecule has 1 aliphatic carbocycles. The van der Waals surface area contributed by atoms with Gasteiger partial charge in [-0.25, -0.2) is 8.78 Å². The molecule has 140 valence electrons. The Kier molecular flexibility index (Phi) is 5.14. The molecule has 5 nitrogen and oxygen atoms in total. The average molecular weight is 356 g/mol. The average Bonchev–Trinajstić information content (AvgIpc) is 2.87. The monoisotopic (exact) mass is 356 g/mol. The van der Waals surface area contributed by atoms with E-state index < -0.39 is 24.3 Å². The predicted molar refractivity (Wildman–Crippen MR) is 88.2 cm³/mol. The van der Waals surface area contributed by atoms with Crippen LogP contribution in [0.2, 0.25) is 0 Å². The van der Waals surface area contributed by atoms with E-state index >= 15 is 0 Å². The SMILES string of the molecule is COCCN1CCC2(CN(C(=O)C3=CCCCC3)CC(F)(F)C2)C1=O. The number of allylic oxidation sites excluding steroid dienone is 1. The fourth-order valence-electron chi connectivity index (χ4n) is 4.30. The van der Waals surface area contributed by atoms with Crippen LogP contribution in [-0.4, -0.2) is 67.4 Å². The summed E-state index contributed by atoms with van der Waals surface area (Å²) in [7, 11) is 1.55. The topological polar surface area (TPSA) is 49.9 Å². The molecule has 0 saturated carbocycles. The minimum absolute atomic E-state index is 0.0983. The largest absolute Gasteiger partial charge is 0.383 e. The summed E-state index contributed by atoms with van der Waals surface area (Å²) in [6, 6.07) is 0. The summed E-state index contributed by atoms with van der Waals surface area (Å²) in [6.07, 6.45) is 5.17. The van der Waals surface area contributed by atoms with Gasteiger partial charge in [0.2, 0.25) is 11.8 Å². The zero-order chi connectivity index (χ0) is 18.1. The third kappa shape index (κ3) is 3.71. The molecule has 0 aromatic rings. The second kappa shape index (κ2) is 7.02. The quantitative estimate of drug-likeness (QED) is 0.776. The first-order valence-electron chi connectivity index (χ1n) is 9.01. The standard InChI is InChI=1S/C18H26F2N2O3/c1-25-10-9-21-8-7-17(16(21)24)11-18(19,20)13-22(12-17)15(23)14-5-3-2-4-6-14/h5H,2-4,6-13H2,1H3. The van der Waals surface area contributed by atoms with Crippen LogP contribution in [0.25, 0.3) is 0 Å². The lowest BCUT2D eigenvalue weighted by molar-refractivity contribution is -0.161. The third-order valence-electron chi connectivity index (χ3n) is 5.53. The van der Waals surface area contributed by atoms with Gasteiger partial charge in [0.25, 0.3) is 5.92 Å². The van der Waals surface area contributed by atoms with Crippen molar-refractivity contribution in [3.63, 3.8) is 0 Å². The maximum atomic E-state index is 14.4. The van der Waals surface area contributed by atoms with Crippen LogP contribution in [0.4, 0.5) is 8.78 Å². The van der Waals surface area contributed by atoms with Crippen molar-refractivity contribution < 1.29 is 23.1 Å². The molecule has 3 aliphatic rings. The number of carbonyl (C=O) groups excluding carboxylic acids is 2. The molecule has 2 fully saturated rings. The van der Waals surface area contributed by atoms with E-state index in [4.69, 9.17) is 4.74 Å². The molecule has 0 bridgehead atoms. The Balaban J connectivity index is 1.78. The summed E-state index contributed by atoms with van der Waals surface area (Å²) in [6.45, 7) is 0.746. The van der Waals surface area contributed by atoms with Gasteiger partial charge in [-0.1, -0.05) is 6.08 Å². The van der Waals surface area contributed by atoms with Crippen LogP contribution in [0, 0.1) is 5.41 Å². The van der Waals surface area contributed by atoms with Crippen LogP contribution in [0.15, 0.2) is 11.6 Å². The molecule has 2 amide bonds. The molecule has 1 atom stereocenters. The van der Waals surface area contributed by atoms with Gasteiger partial charge in [0.1, 0.15) is 0 Å². The van der Waals surface area contributed by atoms with Gasteiger partial charge in [0, 0.05) is 38.7 Å². The number of rotatable bonds is 4. The highest BCUT2D eigenvalue weighted by atomic mass is 19.3. The number of hydrogen-bond acceptors (Lipinski definition) is 3. The van der Waals surface area contributed by atoms with Crippen LogP contribution in [0.3, 0.4) is 0 Å².